The van der Waals surface area contributed by atoms with Gasteiger partial charge in [0.1, 0.15) is 0 Å². The lowest BCUT2D eigenvalue weighted by Crippen LogP contribution is -2.46. The number of carbonyl (C=O) groups is 1. The Balaban J connectivity index is 1.82. The standard InChI is InChI=1S/C10H15NO/c12-9-5-10(6-11-9)4-7-2-1-3-8(7)10/h7-8H,1-6H2,(H,11,12)/t7-,8-,10-/m1/s1. The van der Waals surface area contributed by atoms with Crippen LogP contribution in [0, 0.1) is 17.3 Å². The van der Waals surface area contributed by atoms with Gasteiger partial charge in [-0.1, -0.05) is 12.8 Å². The zero-order valence-corrected chi connectivity index (χ0v) is 7.31. The third-order valence-corrected chi connectivity index (χ3v) is 4.26. The van der Waals surface area contributed by atoms with Gasteiger partial charge in [-0.25, -0.2) is 0 Å². The van der Waals surface area contributed by atoms with E-state index in [1.165, 1.54) is 25.7 Å². The largest absolute Gasteiger partial charge is 0.356 e. The van der Waals surface area contributed by atoms with E-state index in [-0.39, 0.29) is 0 Å². The molecule has 0 aromatic carbocycles. The molecule has 1 aliphatic heterocycles. The molecule has 3 atom stereocenters. The number of nitrogens with one attached hydrogen (secondary N) is 1. The van der Waals surface area contributed by atoms with Gasteiger partial charge in [0.05, 0.1) is 0 Å². The van der Waals surface area contributed by atoms with Crippen LogP contribution in [0.15, 0.2) is 0 Å². The quantitative estimate of drug-likeness (QED) is 0.576. The van der Waals surface area contributed by atoms with Crippen LogP contribution in [0.3, 0.4) is 0 Å². The summed E-state index contributed by atoms with van der Waals surface area (Å²) >= 11 is 0. The Morgan fingerprint density at radius 2 is 2.33 bits per heavy atom. The summed E-state index contributed by atoms with van der Waals surface area (Å²) < 4.78 is 0. The van der Waals surface area contributed by atoms with Crippen molar-refractivity contribution in [3.05, 3.63) is 0 Å². The Bertz CT molecular complexity index is 238. The fourth-order valence-electron chi connectivity index (χ4n) is 3.73. The van der Waals surface area contributed by atoms with Gasteiger partial charge in [0.2, 0.25) is 5.91 Å². The summed E-state index contributed by atoms with van der Waals surface area (Å²) in [6, 6.07) is 0. The van der Waals surface area contributed by atoms with E-state index < -0.39 is 0 Å². The second-order valence-electron chi connectivity index (χ2n) is 4.82. The fraction of sp³-hybridized carbons (Fsp3) is 0.900. The van der Waals surface area contributed by atoms with E-state index in [1.54, 1.807) is 0 Å². The SMILES string of the molecule is O=C1C[C@@]2(CN1)C[C@H]1CCC[C@H]12. The van der Waals surface area contributed by atoms with Crippen LogP contribution in [0.5, 0.6) is 0 Å². The molecule has 66 valence electrons. The summed E-state index contributed by atoms with van der Waals surface area (Å²) in [5, 5.41) is 2.99. The summed E-state index contributed by atoms with van der Waals surface area (Å²) in [5.41, 5.74) is 0.429. The van der Waals surface area contributed by atoms with Crippen LogP contribution in [-0.2, 0) is 4.79 Å². The first-order chi connectivity index (χ1) is 5.80. The second-order valence-corrected chi connectivity index (χ2v) is 4.82. The highest BCUT2D eigenvalue weighted by Gasteiger charge is 2.57. The minimum absolute atomic E-state index is 0.292. The van der Waals surface area contributed by atoms with Gasteiger partial charge >= 0.3 is 0 Å². The molecule has 3 fully saturated rings. The molecule has 2 aliphatic carbocycles. The van der Waals surface area contributed by atoms with E-state index in [0.29, 0.717) is 11.3 Å². The molecule has 1 heterocycles. The van der Waals surface area contributed by atoms with E-state index in [9.17, 15) is 4.79 Å². The maximum atomic E-state index is 11.1. The molecule has 3 rings (SSSR count). The summed E-state index contributed by atoms with van der Waals surface area (Å²) in [7, 11) is 0. The lowest BCUT2D eigenvalue weighted by atomic mass is 9.54. The number of rotatable bonds is 0. The number of fused-ring (bicyclic) bond motifs is 2. The molecular weight excluding hydrogens is 150 g/mol. The summed E-state index contributed by atoms with van der Waals surface area (Å²) in [6.07, 6.45) is 6.39. The van der Waals surface area contributed by atoms with Gasteiger partial charge in [0.15, 0.2) is 0 Å². The highest BCUT2D eigenvalue weighted by atomic mass is 16.1. The van der Waals surface area contributed by atoms with Crippen molar-refractivity contribution < 1.29 is 4.79 Å². The molecule has 12 heavy (non-hydrogen) atoms. The number of hydrogen-bond acceptors (Lipinski definition) is 1. The van der Waals surface area contributed by atoms with Crippen LogP contribution in [-0.4, -0.2) is 12.5 Å². The average Bonchev–Trinajstić information content (AvgIpc) is 2.55. The van der Waals surface area contributed by atoms with Crippen molar-refractivity contribution in [1.29, 1.82) is 0 Å². The lowest BCUT2D eigenvalue weighted by Gasteiger charge is -2.49. The van der Waals surface area contributed by atoms with Gasteiger partial charge in [-0.05, 0) is 30.1 Å². The topological polar surface area (TPSA) is 29.1 Å². The van der Waals surface area contributed by atoms with Gasteiger partial charge in [0, 0.05) is 13.0 Å². The van der Waals surface area contributed by atoms with Crippen molar-refractivity contribution in [2.45, 2.75) is 32.1 Å². The first-order valence-electron chi connectivity index (χ1n) is 5.07. The Morgan fingerprint density at radius 3 is 3.00 bits per heavy atom. The minimum atomic E-state index is 0.292. The van der Waals surface area contributed by atoms with Crippen molar-refractivity contribution in [1.82, 2.24) is 5.32 Å². The summed E-state index contributed by atoms with van der Waals surface area (Å²) in [6.45, 7) is 0.979. The maximum Gasteiger partial charge on any atom is 0.220 e. The Labute approximate surface area is 72.7 Å². The highest BCUT2D eigenvalue weighted by Crippen LogP contribution is 2.61. The third-order valence-electron chi connectivity index (χ3n) is 4.26. The van der Waals surface area contributed by atoms with Crippen LogP contribution in [0.4, 0.5) is 0 Å². The first kappa shape index (κ1) is 6.93. The smallest absolute Gasteiger partial charge is 0.220 e. The van der Waals surface area contributed by atoms with E-state index in [1.807, 2.05) is 0 Å². The van der Waals surface area contributed by atoms with Gasteiger partial charge in [-0.2, -0.15) is 0 Å². The van der Waals surface area contributed by atoms with Crippen molar-refractivity contribution in [2.24, 2.45) is 17.3 Å². The molecule has 2 nitrogen and oxygen atoms in total. The second kappa shape index (κ2) is 2.04. The number of carbonyl (C=O) groups excluding carboxylic acids is 1. The zero-order valence-electron chi connectivity index (χ0n) is 7.31. The van der Waals surface area contributed by atoms with Crippen LogP contribution >= 0.6 is 0 Å². The van der Waals surface area contributed by atoms with Crippen LogP contribution in [0.1, 0.15) is 32.1 Å². The number of amides is 1. The molecule has 0 unspecified atom stereocenters. The molecule has 0 aromatic rings. The molecule has 0 bridgehead atoms. The zero-order chi connectivity index (χ0) is 8.18. The molecule has 1 saturated heterocycles. The normalized spacial score (nSPS) is 50.5. The molecule has 3 aliphatic rings. The van der Waals surface area contributed by atoms with Crippen LogP contribution in [0.25, 0.3) is 0 Å². The average molecular weight is 165 g/mol. The van der Waals surface area contributed by atoms with E-state index in [2.05, 4.69) is 5.32 Å². The lowest BCUT2D eigenvalue weighted by molar-refractivity contribution is -0.121. The Morgan fingerprint density at radius 1 is 1.42 bits per heavy atom. The van der Waals surface area contributed by atoms with Gasteiger partial charge in [-0.15, -0.1) is 0 Å². The van der Waals surface area contributed by atoms with Crippen molar-refractivity contribution in [3.8, 4) is 0 Å². The molecule has 2 heteroatoms. The molecule has 1 amide bonds. The van der Waals surface area contributed by atoms with Crippen molar-refractivity contribution >= 4 is 5.91 Å². The highest BCUT2D eigenvalue weighted by molar-refractivity contribution is 5.79. The van der Waals surface area contributed by atoms with E-state index in [0.717, 1.165) is 24.8 Å². The molecule has 1 N–H and O–H groups in total. The van der Waals surface area contributed by atoms with E-state index in [4.69, 9.17) is 0 Å². The van der Waals surface area contributed by atoms with Gasteiger partial charge < -0.3 is 5.32 Å². The predicted octanol–water partition coefficient (Wildman–Crippen LogP) is 1.31. The molecule has 0 radical (unpaired) electrons. The minimum Gasteiger partial charge on any atom is -0.356 e. The van der Waals surface area contributed by atoms with Gasteiger partial charge in [0.25, 0.3) is 0 Å². The van der Waals surface area contributed by atoms with Crippen LogP contribution in [0.2, 0.25) is 0 Å². The monoisotopic (exact) mass is 165 g/mol. The first-order valence-corrected chi connectivity index (χ1v) is 5.07. The van der Waals surface area contributed by atoms with E-state index >= 15 is 0 Å². The number of hydrogen-bond donors (Lipinski definition) is 1. The van der Waals surface area contributed by atoms with Crippen molar-refractivity contribution in [3.63, 3.8) is 0 Å². The summed E-state index contributed by atoms with van der Waals surface area (Å²) in [5.74, 6) is 2.18. The van der Waals surface area contributed by atoms with Gasteiger partial charge in [-0.3, -0.25) is 4.79 Å². The predicted molar refractivity (Wildman–Crippen MR) is 45.5 cm³/mol. The van der Waals surface area contributed by atoms with Crippen molar-refractivity contribution in [2.75, 3.05) is 6.54 Å². The fourth-order valence-corrected chi connectivity index (χ4v) is 3.73. The molecule has 1 spiro atoms. The Kier molecular flexibility index (Phi) is 1.18. The third kappa shape index (κ3) is 0.686. The Hall–Kier alpha value is -0.530. The molecule has 0 aromatic heterocycles. The molecular formula is C10H15NO. The summed E-state index contributed by atoms with van der Waals surface area (Å²) in [4.78, 5) is 11.1. The van der Waals surface area contributed by atoms with Crippen LogP contribution < -0.4 is 5.32 Å². The molecule has 2 saturated carbocycles. The maximum absolute atomic E-state index is 11.1.